The number of halogens is 1. The molecule has 2 heterocycles. The van der Waals surface area contributed by atoms with Crippen LogP contribution in [0, 0.1) is 6.92 Å². The standard InChI is InChI=1S/C22H36N6O2S.HI/c1-5-23-20(25-15-22(3,29)18-13-12-16(2)30-18)24-14-8-11-19-26-27-21(31-4)28(19)17-9-6-7-10-17;/h12-13,17,29H,5-11,14-15H2,1-4H3,(H2,23,24,25);1H. The van der Waals surface area contributed by atoms with E-state index < -0.39 is 5.60 Å². The van der Waals surface area contributed by atoms with Crippen LogP contribution in [0.1, 0.15) is 69.3 Å². The van der Waals surface area contributed by atoms with Gasteiger partial charge in [0.25, 0.3) is 0 Å². The van der Waals surface area contributed by atoms with E-state index in [9.17, 15) is 5.11 Å². The van der Waals surface area contributed by atoms with Gasteiger partial charge in [0, 0.05) is 25.6 Å². The molecule has 0 radical (unpaired) electrons. The molecule has 2 aromatic heterocycles. The van der Waals surface area contributed by atoms with Crippen LogP contribution in [0.25, 0.3) is 0 Å². The Bertz CT molecular complexity index is 860. The summed E-state index contributed by atoms with van der Waals surface area (Å²) in [7, 11) is 0. The molecule has 32 heavy (non-hydrogen) atoms. The first-order chi connectivity index (χ1) is 14.9. The van der Waals surface area contributed by atoms with Crippen molar-refractivity contribution in [2.45, 2.75) is 76.1 Å². The summed E-state index contributed by atoms with van der Waals surface area (Å²) < 4.78 is 7.94. The van der Waals surface area contributed by atoms with E-state index in [1.165, 1.54) is 25.7 Å². The molecule has 0 amide bonds. The van der Waals surface area contributed by atoms with Gasteiger partial charge in [0.15, 0.2) is 11.1 Å². The highest BCUT2D eigenvalue weighted by molar-refractivity contribution is 14.0. The number of thioether (sulfide) groups is 1. The van der Waals surface area contributed by atoms with Gasteiger partial charge in [0.1, 0.15) is 22.9 Å². The van der Waals surface area contributed by atoms with Crippen LogP contribution in [0.2, 0.25) is 0 Å². The Balaban J connectivity index is 0.00000363. The predicted octanol–water partition coefficient (Wildman–Crippen LogP) is 4.03. The minimum absolute atomic E-state index is 0. The van der Waals surface area contributed by atoms with Crippen molar-refractivity contribution in [3.8, 4) is 0 Å². The third kappa shape index (κ3) is 7.11. The van der Waals surface area contributed by atoms with Gasteiger partial charge < -0.3 is 24.7 Å². The van der Waals surface area contributed by atoms with Crippen molar-refractivity contribution in [2.75, 3.05) is 25.9 Å². The zero-order chi connectivity index (χ0) is 22.3. The Kier molecular flexibility index (Phi) is 10.8. The Labute approximate surface area is 212 Å². The SMILES string of the molecule is CCNC(=NCC(C)(O)c1ccc(C)o1)NCCCc1nnc(SC)n1C1CCCC1.I. The Morgan fingerprint density at radius 3 is 2.69 bits per heavy atom. The second-order valence-electron chi connectivity index (χ2n) is 8.32. The molecule has 0 spiro atoms. The molecule has 1 aliphatic rings. The van der Waals surface area contributed by atoms with E-state index in [4.69, 9.17) is 4.42 Å². The molecule has 0 bridgehead atoms. The van der Waals surface area contributed by atoms with Gasteiger partial charge in [-0.2, -0.15) is 0 Å². The first-order valence-electron chi connectivity index (χ1n) is 11.2. The third-order valence-electron chi connectivity index (χ3n) is 5.64. The quantitative estimate of drug-likeness (QED) is 0.129. The number of nitrogens with one attached hydrogen (secondary N) is 2. The summed E-state index contributed by atoms with van der Waals surface area (Å²) >= 11 is 1.68. The lowest BCUT2D eigenvalue weighted by Gasteiger charge is -2.20. The van der Waals surface area contributed by atoms with E-state index in [1.54, 1.807) is 24.8 Å². The van der Waals surface area contributed by atoms with Crippen molar-refractivity contribution in [1.29, 1.82) is 0 Å². The highest BCUT2D eigenvalue weighted by atomic mass is 127. The van der Waals surface area contributed by atoms with Gasteiger partial charge in [0.2, 0.25) is 0 Å². The lowest BCUT2D eigenvalue weighted by atomic mass is 10.0. The summed E-state index contributed by atoms with van der Waals surface area (Å²) in [5, 5.41) is 27.2. The maximum Gasteiger partial charge on any atom is 0.191 e. The number of aliphatic imine (C=N–C) groups is 1. The molecule has 3 rings (SSSR count). The van der Waals surface area contributed by atoms with Crippen LogP contribution in [-0.2, 0) is 12.0 Å². The summed E-state index contributed by atoms with van der Waals surface area (Å²) in [6, 6.07) is 4.20. The van der Waals surface area contributed by atoms with Crippen molar-refractivity contribution < 1.29 is 9.52 Å². The number of aryl methyl sites for hydroxylation is 2. The van der Waals surface area contributed by atoms with Crippen molar-refractivity contribution in [2.24, 2.45) is 4.99 Å². The molecule has 0 saturated heterocycles. The Hall–Kier alpha value is -1.27. The van der Waals surface area contributed by atoms with Crippen molar-refractivity contribution in [3.63, 3.8) is 0 Å². The van der Waals surface area contributed by atoms with E-state index in [-0.39, 0.29) is 30.5 Å². The van der Waals surface area contributed by atoms with Gasteiger partial charge in [-0.05, 0) is 58.4 Å². The fourth-order valence-corrected chi connectivity index (χ4v) is 4.55. The Morgan fingerprint density at radius 2 is 2.06 bits per heavy atom. The van der Waals surface area contributed by atoms with E-state index in [0.29, 0.717) is 17.8 Å². The molecule has 8 nitrogen and oxygen atoms in total. The molecular formula is C22H37IN6O2S. The molecule has 1 unspecified atom stereocenters. The van der Waals surface area contributed by atoms with Gasteiger partial charge in [-0.1, -0.05) is 24.6 Å². The van der Waals surface area contributed by atoms with Gasteiger partial charge in [0.05, 0.1) is 6.54 Å². The van der Waals surface area contributed by atoms with Gasteiger partial charge in [-0.3, -0.25) is 0 Å². The molecule has 0 aliphatic heterocycles. The van der Waals surface area contributed by atoms with Crippen LogP contribution in [-0.4, -0.2) is 51.7 Å². The molecule has 1 atom stereocenters. The minimum Gasteiger partial charge on any atom is -0.463 e. The zero-order valence-corrected chi connectivity index (χ0v) is 22.7. The zero-order valence-electron chi connectivity index (χ0n) is 19.6. The molecule has 2 aromatic rings. The normalized spacial score (nSPS) is 16.6. The summed E-state index contributed by atoms with van der Waals surface area (Å²) in [5.74, 6) is 3.07. The molecule has 1 aliphatic carbocycles. The number of guanidine groups is 1. The summed E-state index contributed by atoms with van der Waals surface area (Å²) in [6.45, 7) is 7.34. The number of aromatic nitrogens is 3. The number of rotatable bonds is 10. The van der Waals surface area contributed by atoms with Crippen molar-refractivity contribution in [1.82, 2.24) is 25.4 Å². The largest absolute Gasteiger partial charge is 0.463 e. The summed E-state index contributed by atoms with van der Waals surface area (Å²) in [6.07, 6.45) is 8.91. The molecule has 180 valence electrons. The van der Waals surface area contributed by atoms with Gasteiger partial charge in [-0.25, -0.2) is 4.99 Å². The fourth-order valence-electron chi connectivity index (χ4n) is 3.98. The van der Waals surface area contributed by atoms with E-state index >= 15 is 0 Å². The van der Waals surface area contributed by atoms with E-state index in [1.807, 2.05) is 19.9 Å². The number of hydrogen-bond donors (Lipinski definition) is 3. The summed E-state index contributed by atoms with van der Waals surface area (Å²) in [5.41, 5.74) is -1.15. The van der Waals surface area contributed by atoms with Gasteiger partial charge >= 0.3 is 0 Å². The molecule has 0 aromatic carbocycles. The van der Waals surface area contributed by atoms with E-state index in [2.05, 4.69) is 36.6 Å². The van der Waals surface area contributed by atoms with Crippen molar-refractivity contribution >= 4 is 41.7 Å². The summed E-state index contributed by atoms with van der Waals surface area (Å²) in [4.78, 5) is 4.56. The minimum atomic E-state index is -1.15. The monoisotopic (exact) mass is 576 g/mol. The fraction of sp³-hybridized carbons (Fsp3) is 0.682. The van der Waals surface area contributed by atoms with Crippen LogP contribution in [0.15, 0.2) is 26.7 Å². The smallest absolute Gasteiger partial charge is 0.191 e. The maximum absolute atomic E-state index is 10.7. The maximum atomic E-state index is 10.7. The van der Waals surface area contributed by atoms with E-state index in [0.717, 1.165) is 42.7 Å². The topological polar surface area (TPSA) is 100 Å². The number of aliphatic hydroxyl groups is 1. The molecule has 3 N–H and O–H groups in total. The highest BCUT2D eigenvalue weighted by Crippen LogP contribution is 2.33. The van der Waals surface area contributed by atoms with Crippen LogP contribution >= 0.6 is 35.7 Å². The third-order valence-corrected chi connectivity index (χ3v) is 6.28. The van der Waals surface area contributed by atoms with Crippen LogP contribution in [0.4, 0.5) is 0 Å². The Morgan fingerprint density at radius 1 is 1.31 bits per heavy atom. The average molecular weight is 577 g/mol. The van der Waals surface area contributed by atoms with Crippen molar-refractivity contribution in [3.05, 3.63) is 29.5 Å². The van der Waals surface area contributed by atoms with Gasteiger partial charge in [-0.15, -0.1) is 34.2 Å². The van der Waals surface area contributed by atoms with Crippen LogP contribution in [0.3, 0.4) is 0 Å². The second-order valence-corrected chi connectivity index (χ2v) is 9.09. The first kappa shape index (κ1) is 27.0. The lowest BCUT2D eigenvalue weighted by Crippen LogP contribution is -2.39. The second kappa shape index (κ2) is 12.8. The molecule has 1 saturated carbocycles. The number of furan rings is 1. The lowest BCUT2D eigenvalue weighted by molar-refractivity contribution is 0.0428. The van der Waals surface area contributed by atoms with Crippen LogP contribution < -0.4 is 10.6 Å². The molecule has 1 fully saturated rings. The molecular weight excluding hydrogens is 539 g/mol. The van der Waals surface area contributed by atoms with Crippen LogP contribution in [0.5, 0.6) is 0 Å². The average Bonchev–Trinajstić information content (AvgIpc) is 3.49. The first-order valence-corrected chi connectivity index (χ1v) is 12.5. The number of hydrogen-bond acceptors (Lipinski definition) is 6. The number of nitrogens with zero attached hydrogens (tertiary/aromatic N) is 4. The molecule has 10 heteroatoms. The predicted molar refractivity (Wildman–Crippen MR) is 140 cm³/mol. The highest BCUT2D eigenvalue weighted by Gasteiger charge is 2.27.